The Balaban J connectivity index is 5.10. The summed E-state index contributed by atoms with van der Waals surface area (Å²) in [4.78, 5) is 39.8. The highest BCUT2D eigenvalue weighted by atomic mass is 16.4. The molecule has 0 spiro atoms. The molecule has 0 fully saturated rings. The van der Waals surface area contributed by atoms with E-state index in [2.05, 4.69) is 15.6 Å². The average Bonchev–Trinajstić information content (AvgIpc) is 2.52. The van der Waals surface area contributed by atoms with E-state index in [0.29, 0.717) is 6.42 Å². The van der Waals surface area contributed by atoms with Crippen molar-refractivity contribution in [2.45, 2.75) is 58.7 Å². The number of guanidine groups is 1. The molecule has 0 aromatic carbocycles. The number of aliphatic carboxylic acids is 1. The lowest BCUT2D eigenvalue weighted by molar-refractivity contribution is -0.143. The number of hydrogen-bond donors (Lipinski definition) is 6. The van der Waals surface area contributed by atoms with Gasteiger partial charge in [0, 0.05) is 6.54 Å². The molecule has 0 bridgehead atoms. The third-order valence-electron chi connectivity index (χ3n) is 3.83. The first-order valence-corrected chi connectivity index (χ1v) is 8.61. The van der Waals surface area contributed by atoms with Crippen LogP contribution in [0.1, 0.15) is 40.5 Å². The van der Waals surface area contributed by atoms with Crippen LogP contribution in [0, 0.1) is 11.8 Å². The Morgan fingerprint density at radius 1 is 1.00 bits per heavy atom. The molecule has 9 N–H and O–H groups in total. The van der Waals surface area contributed by atoms with Crippen LogP contribution in [0.3, 0.4) is 0 Å². The van der Waals surface area contributed by atoms with Gasteiger partial charge in [-0.15, -0.1) is 0 Å². The average molecular weight is 372 g/mol. The zero-order valence-electron chi connectivity index (χ0n) is 15.9. The molecule has 0 aliphatic carbocycles. The van der Waals surface area contributed by atoms with Crippen LogP contribution in [-0.2, 0) is 14.4 Å². The van der Waals surface area contributed by atoms with E-state index in [1.165, 1.54) is 0 Å². The number of amides is 2. The van der Waals surface area contributed by atoms with Gasteiger partial charge in [0.05, 0.1) is 6.04 Å². The summed E-state index contributed by atoms with van der Waals surface area (Å²) in [6.45, 7) is 7.22. The van der Waals surface area contributed by atoms with Crippen molar-refractivity contribution in [2.75, 3.05) is 6.54 Å². The number of carboxylic acids is 1. The zero-order chi connectivity index (χ0) is 20.4. The van der Waals surface area contributed by atoms with Crippen molar-refractivity contribution in [2.24, 2.45) is 34.0 Å². The lowest BCUT2D eigenvalue weighted by Crippen LogP contribution is -2.56. The van der Waals surface area contributed by atoms with Gasteiger partial charge in [0.1, 0.15) is 12.1 Å². The van der Waals surface area contributed by atoms with Crippen molar-refractivity contribution in [3.8, 4) is 0 Å². The highest BCUT2D eigenvalue weighted by Gasteiger charge is 2.29. The maximum Gasteiger partial charge on any atom is 0.326 e. The van der Waals surface area contributed by atoms with Gasteiger partial charge in [0.15, 0.2) is 5.96 Å². The number of nitrogens with one attached hydrogen (secondary N) is 2. The van der Waals surface area contributed by atoms with Crippen LogP contribution in [-0.4, -0.2) is 53.5 Å². The third-order valence-corrected chi connectivity index (χ3v) is 3.83. The molecule has 3 atom stereocenters. The number of hydrogen-bond acceptors (Lipinski definition) is 5. The Labute approximate surface area is 154 Å². The number of carbonyl (C=O) groups is 3. The van der Waals surface area contributed by atoms with Gasteiger partial charge in [0.25, 0.3) is 0 Å². The second kappa shape index (κ2) is 11.3. The van der Waals surface area contributed by atoms with E-state index >= 15 is 0 Å². The summed E-state index contributed by atoms with van der Waals surface area (Å²) < 4.78 is 0. The van der Waals surface area contributed by atoms with Crippen LogP contribution in [0.4, 0.5) is 0 Å². The van der Waals surface area contributed by atoms with Crippen LogP contribution >= 0.6 is 0 Å². The molecule has 10 nitrogen and oxygen atoms in total. The second-order valence-corrected chi connectivity index (χ2v) is 6.85. The molecule has 0 aliphatic heterocycles. The van der Waals surface area contributed by atoms with E-state index in [0.717, 1.165) is 0 Å². The minimum absolute atomic E-state index is 0.0670. The molecule has 0 aliphatic rings. The normalized spacial score (nSPS) is 14.4. The molecule has 0 unspecified atom stereocenters. The van der Waals surface area contributed by atoms with E-state index in [-0.39, 0.29) is 30.8 Å². The topological polar surface area (TPSA) is 186 Å². The van der Waals surface area contributed by atoms with Crippen LogP contribution in [0.15, 0.2) is 4.99 Å². The minimum atomic E-state index is -1.14. The number of aliphatic imine (C=N–C) groups is 1. The van der Waals surface area contributed by atoms with E-state index in [1.54, 1.807) is 27.7 Å². The molecule has 0 aromatic rings. The van der Waals surface area contributed by atoms with Gasteiger partial charge < -0.3 is 32.9 Å². The van der Waals surface area contributed by atoms with Gasteiger partial charge in [-0.3, -0.25) is 14.6 Å². The monoisotopic (exact) mass is 372 g/mol. The van der Waals surface area contributed by atoms with Crippen LogP contribution < -0.4 is 27.8 Å². The van der Waals surface area contributed by atoms with E-state index < -0.39 is 35.9 Å². The summed E-state index contributed by atoms with van der Waals surface area (Å²) in [5.41, 5.74) is 16.3. The van der Waals surface area contributed by atoms with Crippen molar-refractivity contribution < 1.29 is 19.5 Å². The first-order valence-electron chi connectivity index (χ1n) is 8.61. The molecule has 150 valence electrons. The van der Waals surface area contributed by atoms with Crippen LogP contribution in [0.2, 0.25) is 0 Å². The predicted molar refractivity (Wildman–Crippen MR) is 99.1 cm³/mol. The smallest absolute Gasteiger partial charge is 0.326 e. The SMILES string of the molecule is CC(C)[C@H](N)C(=O)N[C@@H](CCCN=C(N)N)C(=O)N[C@H](C(=O)O)C(C)C. The van der Waals surface area contributed by atoms with Crippen molar-refractivity contribution in [3.63, 3.8) is 0 Å². The molecular formula is C16H32N6O4. The van der Waals surface area contributed by atoms with Gasteiger partial charge in [-0.1, -0.05) is 27.7 Å². The molecule has 0 saturated heterocycles. The van der Waals surface area contributed by atoms with Crippen molar-refractivity contribution in [3.05, 3.63) is 0 Å². The molecule has 0 heterocycles. The van der Waals surface area contributed by atoms with Crippen LogP contribution in [0.5, 0.6) is 0 Å². The number of rotatable bonds is 11. The Morgan fingerprint density at radius 3 is 2.00 bits per heavy atom. The number of nitrogens with two attached hydrogens (primary N) is 3. The fraction of sp³-hybridized carbons (Fsp3) is 0.750. The summed E-state index contributed by atoms with van der Waals surface area (Å²) in [5, 5.41) is 14.3. The fourth-order valence-corrected chi connectivity index (χ4v) is 2.11. The van der Waals surface area contributed by atoms with Crippen molar-refractivity contribution >= 4 is 23.7 Å². The van der Waals surface area contributed by atoms with Crippen molar-refractivity contribution in [1.29, 1.82) is 0 Å². The lowest BCUT2D eigenvalue weighted by atomic mass is 10.0. The van der Waals surface area contributed by atoms with Crippen molar-refractivity contribution in [1.82, 2.24) is 10.6 Å². The maximum absolute atomic E-state index is 12.5. The highest BCUT2D eigenvalue weighted by Crippen LogP contribution is 2.06. The van der Waals surface area contributed by atoms with Gasteiger partial charge in [-0.05, 0) is 24.7 Å². The van der Waals surface area contributed by atoms with Gasteiger partial charge >= 0.3 is 5.97 Å². The molecule has 10 heteroatoms. The molecule has 0 aromatic heterocycles. The molecule has 0 radical (unpaired) electrons. The molecule has 2 amide bonds. The van der Waals surface area contributed by atoms with E-state index in [9.17, 15) is 19.5 Å². The minimum Gasteiger partial charge on any atom is -0.480 e. The van der Waals surface area contributed by atoms with Crippen LogP contribution in [0.25, 0.3) is 0 Å². The number of carbonyl (C=O) groups excluding carboxylic acids is 2. The number of carboxylic acid groups (broad SMARTS) is 1. The Hall–Kier alpha value is -2.36. The van der Waals surface area contributed by atoms with E-state index in [1.807, 2.05) is 0 Å². The lowest BCUT2D eigenvalue weighted by Gasteiger charge is -2.25. The fourth-order valence-electron chi connectivity index (χ4n) is 2.11. The highest BCUT2D eigenvalue weighted by molar-refractivity contribution is 5.91. The zero-order valence-corrected chi connectivity index (χ0v) is 15.9. The first-order chi connectivity index (χ1) is 12.0. The summed E-state index contributed by atoms with van der Waals surface area (Å²) >= 11 is 0. The predicted octanol–water partition coefficient (Wildman–Crippen LogP) is -1.27. The quantitative estimate of drug-likeness (QED) is 0.148. The summed E-state index contributed by atoms with van der Waals surface area (Å²) in [6, 6.07) is -2.76. The van der Waals surface area contributed by atoms with Gasteiger partial charge in [-0.2, -0.15) is 0 Å². The first kappa shape index (κ1) is 23.6. The standard InChI is InChI=1S/C16H32N6O4/c1-8(2)11(17)14(24)21-10(6-5-7-20-16(18)19)13(23)22-12(9(3)4)15(25)26/h8-12H,5-7,17H2,1-4H3,(H,21,24)(H,22,23)(H,25,26)(H4,18,19,20)/t10-,11-,12-/m0/s1. The third kappa shape index (κ3) is 8.65. The second-order valence-electron chi connectivity index (χ2n) is 6.85. The molecule has 0 saturated carbocycles. The Bertz CT molecular complexity index is 517. The largest absolute Gasteiger partial charge is 0.480 e. The summed E-state index contributed by atoms with van der Waals surface area (Å²) in [5.74, 6) is -2.69. The van der Waals surface area contributed by atoms with Gasteiger partial charge in [0.2, 0.25) is 11.8 Å². The summed E-state index contributed by atoms with van der Waals surface area (Å²) in [6.07, 6.45) is 0.663. The molecule has 0 rings (SSSR count). The molecular weight excluding hydrogens is 340 g/mol. The Morgan fingerprint density at radius 2 is 1.58 bits per heavy atom. The Kier molecular flexibility index (Phi) is 10.3. The van der Waals surface area contributed by atoms with E-state index in [4.69, 9.17) is 17.2 Å². The van der Waals surface area contributed by atoms with Gasteiger partial charge in [-0.25, -0.2) is 4.79 Å². The number of nitrogens with zero attached hydrogens (tertiary/aromatic N) is 1. The maximum atomic E-state index is 12.5. The summed E-state index contributed by atoms with van der Waals surface area (Å²) in [7, 11) is 0. The molecule has 26 heavy (non-hydrogen) atoms.